The Morgan fingerprint density at radius 2 is 1.50 bits per heavy atom. The molecule has 0 spiro atoms. The fraction of sp³-hybridized carbons (Fsp3) is 0.833. The highest BCUT2D eigenvalue weighted by molar-refractivity contribution is 5.69. The Morgan fingerprint density at radius 3 is 1.81 bits per heavy atom. The zero-order valence-electron chi connectivity index (χ0n) is 10.9. The fourth-order valence-corrected chi connectivity index (χ4v) is 0.956. The molecule has 96 valence electrons. The van der Waals surface area contributed by atoms with Crippen molar-refractivity contribution in [2.75, 3.05) is 13.2 Å². The zero-order chi connectivity index (χ0) is 12.8. The number of ether oxygens (including phenoxy) is 2. The number of carbonyl (C=O) groups excluding carboxylic acids is 2. The average molecular weight is 232 g/mol. The second-order valence-corrected chi connectivity index (χ2v) is 3.19. The lowest BCUT2D eigenvalue weighted by molar-refractivity contribution is -0.143. The normalized spacial score (nSPS) is 8.75. The number of rotatable bonds is 6. The Bertz CT molecular complexity index is 178. The maximum atomic E-state index is 10.7. The molecule has 0 atom stereocenters. The van der Waals surface area contributed by atoms with E-state index in [1.165, 1.54) is 6.92 Å². The average Bonchev–Trinajstić information content (AvgIpc) is 2.19. The monoisotopic (exact) mass is 232 g/mol. The first kappa shape index (κ1) is 17.3. The summed E-state index contributed by atoms with van der Waals surface area (Å²) in [5.41, 5.74) is 0. The Labute approximate surface area is 98.3 Å². The first-order valence-corrected chi connectivity index (χ1v) is 5.87. The molecule has 0 amide bonds. The third kappa shape index (κ3) is 18.7. The maximum absolute atomic E-state index is 10.7. The van der Waals surface area contributed by atoms with E-state index in [2.05, 4.69) is 11.7 Å². The summed E-state index contributed by atoms with van der Waals surface area (Å²) >= 11 is 0. The first-order valence-electron chi connectivity index (χ1n) is 5.87. The third-order valence-electron chi connectivity index (χ3n) is 1.64. The van der Waals surface area contributed by atoms with E-state index < -0.39 is 0 Å². The largest absolute Gasteiger partial charge is 0.466 e. The minimum Gasteiger partial charge on any atom is -0.466 e. The molecule has 0 aliphatic carbocycles. The molecule has 0 fully saturated rings. The fourth-order valence-electron chi connectivity index (χ4n) is 0.956. The van der Waals surface area contributed by atoms with Gasteiger partial charge in [0, 0.05) is 13.3 Å². The molecule has 0 heterocycles. The van der Waals surface area contributed by atoms with Crippen LogP contribution in [0.5, 0.6) is 0 Å². The van der Waals surface area contributed by atoms with E-state index in [-0.39, 0.29) is 11.9 Å². The van der Waals surface area contributed by atoms with Crippen molar-refractivity contribution in [3.05, 3.63) is 0 Å². The Morgan fingerprint density at radius 1 is 0.938 bits per heavy atom. The highest BCUT2D eigenvalue weighted by atomic mass is 16.5. The van der Waals surface area contributed by atoms with Crippen molar-refractivity contribution in [3.8, 4) is 0 Å². The molecule has 16 heavy (non-hydrogen) atoms. The Balaban J connectivity index is 0. The summed E-state index contributed by atoms with van der Waals surface area (Å²) in [7, 11) is 0. The molecule has 0 saturated heterocycles. The van der Waals surface area contributed by atoms with Crippen molar-refractivity contribution in [1.29, 1.82) is 0 Å². The van der Waals surface area contributed by atoms with Crippen LogP contribution in [0.4, 0.5) is 0 Å². The number of unbranched alkanes of at least 4 members (excludes halogenated alkanes) is 2. The number of esters is 2. The summed E-state index contributed by atoms with van der Waals surface area (Å²) in [6, 6.07) is 0. The molecule has 0 N–H and O–H groups in total. The minimum atomic E-state index is -0.211. The second-order valence-electron chi connectivity index (χ2n) is 3.19. The highest BCUT2D eigenvalue weighted by Gasteiger charge is 1.98. The SMILES string of the molecule is CCCCCC(=O)OCC.CCOC(C)=O. The highest BCUT2D eigenvalue weighted by Crippen LogP contribution is 1.99. The molecule has 0 radical (unpaired) electrons. The number of hydrogen-bond acceptors (Lipinski definition) is 4. The van der Waals surface area contributed by atoms with Crippen LogP contribution in [0.15, 0.2) is 0 Å². The number of hydrogen-bond donors (Lipinski definition) is 0. The minimum absolute atomic E-state index is 0.0593. The lowest BCUT2D eigenvalue weighted by Crippen LogP contribution is -2.02. The van der Waals surface area contributed by atoms with Gasteiger partial charge < -0.3 is 9.47 Å². The molecule has 0 aromatic rings. The van der Waals surface area contributed by atoms with Crippen LogP contribution in [0.2, 0.25) is 0 Å². The lowest BCUT2D eigenvalue weighted by Gasteiger charge is -1.99. The Hall–Kier alpha value is -1.06. The van der Waals surface area contributed by atoms with E-state index in [9.17, 15) is 9.59 Å². The summed E-state index contributed by atoms with van der Waals surface area (Å²) in [5, 5.41) is 0. The molecule has 0 aliphatic rings. The molecular weight excluding hydrogens is 208 g/mol. The van der Waals surface area contributed by atoms with Crippen molar-refractivity contribution in [1.82, 2.24) is 0 Å². The van der Waals surface area contributed by atoms with E-state index in [0.29, 0.717) is 19.6 Å². The molecule has 0 saturated carbocycles. The van der Waals surface area contributed by atoms with Gasteiger partial charge in [0.15, 0.2) is 0 Å². The van der Waals surface area contributed by atoms with Crippen LogP contribution in [0.1, 0.15) is 53.4 Å². The van der Waals surface area contributed by atoms with E-state index in [1.807, 2.05) is 6.92 Å². The first-order chi connectivity index (χ1) is 7.58. The van der Waals surface area contributed by atoms with Gasteiger partial charge in [-0.1, -0.05) is 19.8 Å². The van der Waals surface area contributed by atoms with Crippen molar-refractivity contribution in [3.63, 3.8) is 0 Å². The zero-order valence-corrected chi connectivity index (χ0v) is 10.9. The van der Waals surface area contributed by atoms with Gasteiger partial charge in [-0.3, -0.25) is 9.59 Å². The van der Waals surface area contributed by atoms with Crippen LogP contribution >= 0.6 is 0 Å². The summed E-state index contributed by atoms with van der Waals surface area (Å²) in [6.45, 7) is 8.11. The van der Waals surface area contributed by atoms with Gasteiger partial charge in [-0.05, 0) is 20.3 Å². The van der Waals surface area contributed by atoms with Crippen LogP contribution in [0.25, 0.3) is 0 Å². The topological polar surface area (TPSA) is 52.6 Å². The molecule has 0 aromatic heterocycles. The van der Waals surface area contributed by atoms with Gasteiger partial charge in [0.2, 0.25) is 0 Å². The van der Waals surface area contributed by atoms with Gasteiger partial charge in [0.05, 0.1) is 13.2 Å². The van der Waals surface area contributed by atoms with Crippen LogP contribution in [-0.2, 0) is 19.1 Å². The van der Waals surface area contributed by atoms with Gasteiger partial charge >= 0.3 is 11.9 Å². The molecule has 0 aromatic carbocycles. The molecule has 4 nitrogen and oxygen atoms in total. The maximum Gasteiger partial charge on any atom is 0.305 e. The van der Waals surface area contributed by atoms with Crippen molar-refractivity contribution in [2.45, 2.75) is 53.4 Å². The van der Waals surface area contributed by atoms with Gasteiger partial charge in [0.25, 0.3) is 0 Å². The molecule has 0 aliphatic heterocycles. The summed E-state index contributed by atoms with van der Waals surface area (Å²) in [5.74, 6) is -0.270. The van der Waals surface area contributed by atoms with Crippen LogP contribution < -0.4 is 0 Å². The van der Waals surface area contributed by atoms with E-state index in [0.717, 1.165) is 19.3 Å². The van der Waals surface area contributed by atoms with Gasteiger partial charge in [-0.2, -0.15) is 0 Å². The number of carbonyl (C=O) groups is 2. The molecular formula is C12H24O4. The molecule has 0 bridgehead atoms. The Kier molecular flexibility index (Phi) is 15.1. The predicted molar refractivity (Wildman–Crippen MR) is 63.1 cm³/mol. The van der Waals surface area contributed by atoms with E-state index in [1.54, 1.807) is 6.92 Å². The van der Waals surface area contributed by atoms with Gasteiger partial charge in [-0.15, -0.1) is 0 Å². The van der Waals surface area contributed by atoms with E-state index in [4.69, 9.17) is 4.74 Å². The molecule has 0 rings (SSSR count). The van der Waals surface area contributed by atoms with Crippen LogP contribution in [0.3, 0.4) is 0 Å². The van der Waals surface area contributed by atoms with Crippen molar-refractivity contribution < 1.29 is 19.1 Å². The third-order valence-corrected chi connectivity index (χ3v) is 1.64. The summed E-state index contributed by atoms with van der Waals surface area (Å²) in [4.78, 5) is 20.5. The van der Waals surface area contributed by atoms with Crippen molar-refractivity contribution in [2.24, 2.45) is 0 Å². The lowest BCUT2D eigenvalue weighted by atomic mass is 10.2. The molecule has 4 heteroatoms. The predicted octanol–water partition coefficient (Wildman–Crippen LogP) is 2.70. The van der Waals surface area contributed by atoms with Gasteiger partial charge in [-0.25, -0.2) is 0 Å². The smallest absolute Gasteiger partial charge is 0.305 e. The standard InChI is InChI=1S/C8H16O2.C4H8O2/c1-3-5-6-7-8(9)10-4-2;1-3-6-4(2)5/h3-7H2,1-2H3;3H2,1-2H3. The molecule has 0 unspecified atom stereocenters. The van der Waals surface area contributed by atoms with Crippen molar-refractivity contribution >= 4 is 11.9 Å². The van der Waals surface area contributed by atoms with Crippen LogP contribution in [-0.4, -0.2) is 25.2 Å². The van der Waals surface area contributed by atoms with Gasteiger partial charge in [0.1, 0.15) is 0 Å². The summed E-state index contributed by atoms with van der Waals surface area (Å²) in [6.07, 6.45) is 3.83. The summed E-state index contributed by atoms with van der Waals surface area (Å²) < 4.78 is 9.15. The second kappa shape index (κ2) is 13.9. The quantitative estimate of drug-likeness (QED) is 0.522. The van der Waals surface area contributed by atoms with Crippen LogP contribution in [0, 0.1) is 0 Å². The van der Waals surface area contributed by atoms with E-state index >= 15 is 0 Å².